The average Bonchev–Trinajstić information content (AvgIpc) is 3.17. The van der Waals surface area contributed by atoms with Gasteiger partial charge in [0, 0.05) is 81.5 Å². The zero-order chi connectivity index (χ0) is 37.8. The first-order valence-electron chi connectivity index (χ1n) is 18.4. The molecule has 1 unspecified atom stereocenters. The number of rotatable bonds is 11. The van der Waals surface area contributed by atoms with E-state index in [0.717, 1.165) is 86.6 Å². The van der Waals surface area contributed by atoms with Crippen LogP contribution in [0.2, 0.25) is 5.02 Å². The Morgan fingerprint density at radius 3 is 2.39 bits per heavy atom. The van der Waals surface area contributed by atoms with E-state index < -0.39 is 7.14 Å². The highest BCUT2D eigenvalue weighted by atomic mass is 35.5. The molecule has 3 fully saturated rings. The summed E-state index contributed by atoms with van der Waals surface area (Å²) in [4.78, 5) is 44.9. The van der Waals surface area contributed by atoms with Crippen molar-refractivity contribution in [1.82, 2.24) is 30.1 Å². The van der Waals surface area contributed by atoms with Crippen LogP contribution in [-0.4, -0.2) is 102 Å². The van der Waals surface area contributed by atoms with Crippen molar-refractivity contribution in [2.75, 3.05) is 75.2 Å². The van der Waals surface area contributed by atoms with Crippen LogP contribution in [-0.2, 0) is 20.7 Å². The number of imide groups is 1. The van der Waals surface area contributed by atoms with E-state index in [1.54, 1.807) is 26.6 Å². The highest BCUT2D eigenvalue weighted by Gasteiger charge is 2.30. The Morgan fingerprint density at radius 1 is 0.907 bits per heavy atom. The van der Waals surface area contributed by atoms with Gasteiger partial charge in [0.15, 0.2) is 5.82 Å². The zero-order valence-corrected chi connectivity index (χ0v) is 32.6. The number of hydrogen-bond acceptors (Lipinski definition) is 12. The van der Waals surface area contributed by atoms with Crippen LogP contribution in [0, 0.1) is 0 Å². The number of nitrogens with one attached hydrogen (secondary N) is 3. The van der Waals surface area contributed by atoms with Gasteiger partial charge in [0.2, 0.25) is 17.8 Å². The number of piperidine rings is 2. The molecule has 7 rings (SSSR count). The molecular weight excluding hydrogens is 725 g/mol. The molecule has 3 N–H and O–H groups in total. The van der Waals surface area contributed by atoms with E-state index in [9.17, 15) is 14.2 Å². The molecule has 0 spiro atoms. The van der Waals surface area contributed by atoms with Crippen molar-refractivity contribution in [3.05, 3.63) is 83.3 Å². The molecule has 15 heteroatoms. The maximum atomic E-state index is 12.9. The second-order valence-electron chi connectivity index (χ2n) is 14.5. The van der Waals surface area contributed by atoms with E-state index in [1.807, 2.05) is 42.5 Å². The fraction of sp³-hybridized carbons (Fsp3) is 0.410. The first-order valence-corrected chi connectivity index (χ1v) is 21.4. The number of halogens is 1. The minimum absolute atomic E-state index is 0.201. The Labute approximate surface area is 321 Å². The monoisotopic (exact) mass is 771 g/mol. The number of methoxy groups -OCH3 is 1. The number of nitrogens with zero attached hydrogens (tertiary/aromatic N) is 6. The van der Waals surface area contributed by atoms with Gasteiger partial charge in [-0.05, 0) is 68.5 Å². The van der Waals surface area contributed by atoms with E-state index in [-0.39, 0.29) is 17.7 Å². The lowest BCUT2D eigenvalue weighted by molar-refractivity contribution is -0.134. The van der Waals surface area contributed by atoms with Crippen molar-refractivity contribution in [3.8, 4) is 5.75 Å². The van der Waals surface area contributed by atoms with Crippen molar-refractivity contribution in [2.24, 2.45) is 0 Å². The summed E-state index contributed by atoms with van der Waals surface area (Å²) in [7, 11) is -0.883. The second kappa shape index (κ2) is 16.4. The molecule has 284 valence electrons. The SMILES string of the molecule is COc1cc(N2CCC(N3CCN(Cc4ccc(C5CCC(=O)NC5=O)cn4)CC3)CC2)ccc1Nc1ncc(Cl)c(Nc2ccccc2P(C)(C)=O)n1. The van der Waals surface area contributed by atoms with Crippen LogP contribution in [0.25, 0.3) is 0 Å². The molecule has 4 aromatic rings. The summed E-state index contributed by atoms with van der Waals surface area (Å²) in [6, 6.07) is 18.1. The molecule has 0 radical (unpaired) electrons. The van der Waals surface area contributed by atoms with Gasteiger partial charge in [-0.3, -0.25) is 29.7 Å². The number of para-hydroxylation sites is 1. The molecule has 0 aliphatic carbocycles. The van der Waals surface area contributed by atoms with E-state index in [0.29, 0.717) is 47.1 Å². The topological polar surface area (TPSA) is 145 Å². The van der Waals surface area contributed by atoms with Gasteiger partial charge in [0.25, 0.3) is 0 Å². The van der Waals surface area contributed by atoms with E-state index in [1.165, 1.54) is 6.20 Å². The smallest absolute Gasteiger partial charge is 0.234 e. The number of piperazine rings is 1. The summed E-state index contributed by atoms with van der Waals surface area (Å²) in [5, 5.41) is 10.0. The van der Waals surface area contributed by atoms with Crippen molar-refractivity contribution >= 4 is 64.7 Å². The Bertz CT molecular complexity index is 2030. The number of benzene rings is 2. The molecular formula is C39H47ClN9O4P. The molecule has 0 saturated carbocycles. The predicted octanol–water partition coefficient (Wildman–Crippen LogP) is 5.58. The highest BCUT2D eigenvalue weighted by molar-refractivity contribution is 7.70. The van der Waals surface area contributed by atoms with Crippen LogP contribution in [0.5, 0.6) is 5.75 Å². The molecule has 13 nitrogen and oxygen atoms in total. The first-order chi connectivity index (χ1) is 26.0. The van der Waals surface area contributed by atoms with Gasteiger partial charge < -0.3 is 24.8 Å². The van der Waals surface area contributed by atoms with Gasteiger partial charge in [-0.1, -0.05) is 29.8 Å². The number of amides is 2. The number of anilines is 5. The largest absolute Gasteiger partial charge is 0.494 e. The lowest BCUT2D eigenvalue weighted by Crippen LogP contribution is -2.53. The van der Waals surface area contributed by atoms with Crippen molar-refractivity contribution in [3.63, 3.8) is 0 Å². The molecule has 3 aliphatic rings. The molecule has 2 amide bonds. The Balaban J connectivity index is 0.902. The Hall–Kier alpha value is -4.55. The maximum absolute atomic E-state index is 12.9. The maximum Gasteiger partial charge on any atom is 0.234 e. The number of carbonyl (C=O) groups excluding carboxylic acids is 2. The number of carbonyl (C=O) groups is 2. The van der Waals surface area contributed by atoms with E-state index in [2.05, 4.69) is 57.7 Å². The molecule has 3 saturated heterocycles. The third kappa shape index (κ3) is 8.87. The molecule has 0 bridgehead atoms. The zero-order valence-electron chi connectivity index (χ0n) is 30.9. The quantitative estimate of drug-likeness (QED) is 0.129. The van der Waals surface area contributed by atoms with Gasteiger partial charge in [0.1, 0.15) is 17.9 Å². The van der Waals surface area contributed by atoms with Crippen LogP contribution >= 0.6 is 18.7 Å². The summed E-state index contributed by atoms with van der Waals surface area (Å²) < 4.78 is 18.7. The molecule has 2 aromatic heterocycles. The summed E-state index contributed by atoms with van der Waals surface area (Å²) in [6.07, 6.45) is 6.41. The fourth-order valence-corrected chi connectivity index (χ4v) is 8.84. The molecule has 54 heavy (non-hydrogen) atoms. The predicted molar refractivity (Wildman–Crippen MR) is 214 cm³/mol. The van der Waals surface area contributed by atoms with Gasteiger partial charge in [0.05, 0.1) is 36.3 Å². The third-order valence-corrected chi connectivity index (χ3v) is 12.4. The fourth-order valence-electron chi connectivity index (χ4n) is 7.54. The van der Waals surface area contributed by atoms with Gasteiger partial charge in [-0.15, -0.1) is 0 Å². The van der Waals surface area contributed by atoms with Crippen LogP contribution in [0.3, 0.4) is 0 Å². The number of pyridine rings is 1. The molecule has 2 aromatic carbocycles. The average molecular weight is 772 g/mol. The minimum Gasteiger partial charge on any atom is -0.494 e. The number of aromatic nitrogens is 3. The van der Waals surface area contributed by atoms with Crippen LogP contribution in [0.15, 0.2) is 67.0 Å². The van der Waals surface area contributed by atoms with E-state index >= 15 is 0 Å². The Kier molecular flexibility index (Phi) is 11.5. The summed E-state index contributed by atoms with van der Waals surface area (Å²) in [6.45, 7) is 10.2. The highest BCUT2D eigenvalue weighted by Crippen LogP contribution is 2.39. The molecule has 3 aliphatic heterocycles. The van der Waals surface area contributed by atoms with Crippen molar-refractivity contribution < 1.29 is 18.9 Å². The van der Waals surface area contributed by atoms with Gasteiger partial charge in [-0.2, -0.15) is 4.98 Å². The first kappa shape index (κ1) is 37.8. The lowest BCUT2D eigenvalue weighted by Gasteiger charge is -2.43. The van der Waals surface area contributed by atoms with Crippen LogP contribution in [0.4, 0.5) is 28.8 Å². The summed E-state index contributed by atoms with van der Waals surface area (Å²) in [5.74, 6) is 0.705. The van der Waals surface area contributed by atoms with E-state index in [4.69, 9.17) is 16.3 Å². The van der Waals surface area contributed by atoms with Crippen LogP contribution in [0.1, 0.15) is 42.9 Å². The van der Waals surface area contributed by atoms with Gasteiger partial charge >= 0.3 is 0 Å². The summed E-state index contributed by atoms with van der Waals surface area (Å²) in [5.41, 5.74) is 4.39. The molecule has 1 atom stereocenters. The standard InChI is InChI=1S/C39H47ClN9O4P/c1-53-34-22-29(10-12-32(34)44-39-42-24-31(40)37(46-39)43-33-6-4-5-7-35(33)54(2,3)52)48-16-14-28(15-17-48)49-20-18-47(19-21-49)25-27-9-8-26(23-41-27)30-11-13-36(50)45-38(30)51/h4-10,12,22-24,28,30H,11,13-21,25H2,1-3H3,(H,45,50,51)(H2,42,43,44,46). The van der Waals surface area contributed by atoms with Gasteiger partial charge in [-0.25, -0.2) is 4.98 Å². The van der Waals surface area contributed by atoms with Crippen LogP contribution < -0.4 is 30.9 Å². The normalized spacial score (nSPS) is 19.0. The number of hydrogen-bond donors (Lipinski definition) is 3. The second-order valence-corrected chi connectivity index (χ2v) is 18.1. The summed E-state index contributed by atoms with van der Waals surface area (Å²) >= 11 is 6.47. The van der Waals surface area contributed by atoms with Crippen molar-refractivity contribution in [2.45, 2.75) is 44.2 Å². The Morgan fingerprint density at radius 2 is 1.69 bits per heavy atom. The van der Waals surface area contributed by atoms with Crippen molar-refractivity contribution in [1.29, 1.82) is 0 Å². The molecule has 5 heterocycles. The third-order valence-electron chi connectivity index (χ3n) is 10.5. The lowest BCUT2D eigenvalue weighted by atomic mass is 9.91. The minimum atomic E-state index is -2.54. The number of ether oxygens (including phenoxy) is 1.